The molecule has 2 aliphatic rings. The van der Waals surface area contributed by atoms with E-state index in [0.717, 1.165) is 68.4 Å². The highest BCUT2D eigenvalue weighted by molar-refractivity contribution is 6.30. The highest BCUT2D eigenvalue weighted by Gasteiger charge is 2.20. The summed E-state index contributed by atoms with van der Waals surface area (Å²) in [6, 6.07) is 10.2. The Morgan fingerprint density at radius 3 is 2.86 bits per heavy atom. The van der Waals surface area contributed by atoms with Gasteiger partial charge < -0.3 is 15.1 Å². The van der Waals surface area contributed by atoms with Gasteiger partial charge in [-0.2, -0.15) is 0 Å². The fraction of sp³-hybridized carbons (Fsp3) is 0.409. The maximum absolute atomic E-state index is 13.6. The van der Waals surface area contributed by atoms with E-state index in [9.17, 15) is 4.39 Å². The van der Waals surface area contributed by atoms with Crippen molar-refractivity contribution < 1.29 is 4.39 Å². The van der Waals surface area contributed by atoms with Crippen molar-refractivity contribution in [2.24, 2.45) is 0 Å². The smallest absolute Gasteiger partial charge is 0.143 e. The van der Waals surface area contributed by atoms with Gasteiger partial charge in [-0.05, 0) is 43.6 Å². The third-order valence-corrected chi connectivity index (χ3v) is 5.78. The Morgan fingerprint density at radius 1 is 1.18 bits per heavy atom. The van der Waals surface area contributed by atoms with Crippen LogP contribution < -0.4 is 10.2 Å². The standard InChI is InChI=1S/C22H26ClFN4/c23-18-4-1-3-17(13-18)15-25-20-6-9-27(10-7-20)11-12-28-8-2-5-21-22(28)14-19(24)16-26-21/h1-4,8,13-14,16,20,25H,5-7,9-12,15H2. The molecule has 0 aliphatic carbocycles. The number of hydrogen-bond acceptors (Lipinski definition) is 4. The molecule has 1 fully saturated rings. The Morgan fingerprint density at radius 2 is 2.04 bits per heavy atom. The van der Waals surface area contributed by atoms with E-state index in [2.05, 4.69) is 38.4 Å². The number of nitrogens with one attached hydrogen (secondary N) is 1. The normalized spacial score (nSPS) is 17.7. The number of halogens is 2. The number of nitrogens with zero attached hydrogens (tertiary/aromatic N) is 3. The molecule has 0 saturated carbocycles. The van der Waals surface area contributed by atoms with E-state index in [1.165, 1.54) is 11.8 Å². The van der Waals surface area contributed by atoms with E-state index in [0.29, 0.717) is 6.04 Å². The van der Waals surface area contributed by atoms with Gasteiger partial charge in [0.15, 0.2) is 0 Å². The molecule has 148 valence electrons. The molecule has 0 bridgehead atoms. The van der Waals surface area contributed by atoms with Crippen LogP contribution >= 0.6 is 11.6 Å². The maximum atomic E-state index is 13.6. The van der Waals surface area contributed by atoms with Crippen LogP contribution in [0.3, 0.4) is 0 Å². The molecule has 4 nitrogen and oxygen atoms in total. The zero-order chi connectivity index (χ0) is 19.3. The highest BCUT2D eigenvalue weighted by atomic mass is 35.5. The number of aromatic nitrogens is 1. The molecule has 28 heavy (non-hydrogen) atoms. The first-order valence-corrected chi connectivity index (χ1v) is 10.3. The average Bonchev–Trinajstić information content (AvgIpc) is 2.71. The number of anilines is 1. The van der Waals surface area contributed by atoms with E-state index in [1.807, 2.05) is 18.2 Å². The number of rotatable bonds is 6. The van der Waals surface area contributed by atoms with Crippen molar-refractivity contribution >= 4 is 17.3 Å². The molecule has 1 saturated heterocycles. The molecule has 0 radical (unpaired) electrons. The lowest BCUT2D eigenvalue weighted by Crippen LogP contribution is -2.44. The van der Waals surface area contributed by atoms with Crippen LogP contribution in [0.5, 0.6) is 0 Å². The SMILES string of the molecule is Fc1cnc2c(c1)N(CCN1CCC(NCc3cccc(Cl)c3)CC1)C=CC2. The first-order valence-electron chi connectivity index (χ1n) is 9.95. The van der Waals surface area contributed by atoms with Gasteiger partial charge in [0.1, 0.15) is 5.82 Å². The van der Waals surface area contributed by atoms with Gasteiger partial charge in [-0.15, -0.1) is 0 Å². The third-order valence-electron chi connectivity index (χ3n) is 5.55. The Bertz CT molecular complexity index is 833. The van der Waals surface area contributed by atoms with Crippen molar-refractivity contribution in [2.45, 2.75) is 31.8 Å². The topological polar surface area (TPSA) is 31.4 Å². The summed E-state index contributed by atoms with van der Waals surface area (Å²) in [5.41, 5.74) is 3.08. The Hall–Kier alpha value is -1.95. The molecule has 0 atom stereocenters. The molecule has 1 aromatic heterocycles. The number of fused-ring (bicyclic) bond motifs is 1. The van der Waals surface area contributed by atoms with Gasteiger partial charge in [0, 0.05) is 49.4 Å². The van der Waals surface area contributed by atoms with Crippen LogP contribution in [-0.2, 0) is 13.0 Å². The molecule has 0 spiro atoms. The minimum atomic E-state index is -0.273. The third kappa shape index (κ3) is 4.90. The molecule has 1 N–H and O–H groups in total. The van der Waals surface area contributed by atoms with Gasteiger partial charge in [0.25, 0.3) is 0 Å². The molecule has 2 aliphatic heterocycles. The largest absolute Gasteiger partial charge is 0.345 e. The van der Waals surface area contributed by atoms with Crippen LogP contribution in [0.2, 0.25) is 5.02 Å². The number of benzene rings is 1. The zero-order valence-electron chi connectivity index (χ0n) is 16.0. The number of likely N-dealkylation sites (tertiary alicyclic amines) is 1. The quantitative estimate of drug-likeness (QED) is 0.794. The van der Waals surface area contributed by atoms with Crippen molar-refractivity contribution in [1.29, 1.82) is 0 Å². The summed E-state index contributed by atoms with van der Waals surface area (Å²) >= 11 is 6.06. The summed E-state index contributed by atoms with van der Waals surface area (Å²) < 4.78 is 13.6. The maximum Gasteiger partial charge on any atom is 0.143 e. The lowest BCUT2D eigenvalue weighted by atomic mass is 10.0. The first kappa shape index (κ1) is 19.4. The molecule has 1 aromatic carbocycles. The Labute approximate surface area is 171 Å². The molecular formula is C22H26ClFN4. The van der Waals surface area contributed by atoms with Crippen molar-refractivity contribution in [3.8, 4) is 0 Å². The minimum absolute atomic E-state index is 0.273. The van der Waals surface area contributed by atoms with Crippen LogP contribution in [-0.4, -0.2) is 42.1 Å². The van der Waals surface area contributed by atoms with Gasteiger partial charge >= 0.3 is 0 Å². The monoisotopic (exact) mass is 400 g/mol. The first-order chi connectivity index (χ1) is 13.7. The number of allylic oxidation sites excluding steroid dienone is 1. The molecule has 4 rings (SSSR count). The zero-order valence-corrected chi connectivity index (χ0v) is 16.7. The highest BCUT2D eigenvalue weighted by Crippen LogP contribution is 2.25. The second kappa shape index (κ2) is 9.03. The number of piperidine rings is 1. The molecule has 6 heteroatoms. The Balaban J connectivity index is 1.22. The summed E-state index contributed by atoms with van der Waals surface area (Å²) in [7, 11) is 0. The Kier molecular flexibility index (Phi) is 6.25. The van der Waals surface area contributed by atoms with E-state index in [4.69, 9.17) is 11.6 Å². The van der Waals surface area contributed by atoms with Crippen molar-refractivity contribution in [3.05, 3.63) is 70.9 Å². The van der Waals surface area contributed by atoms with Gasteiger partial charge in [-0.25, -0.2) is 4.39 Å². The van der Waals surface area contributed by atoms with E-state index < -0.39 is 0 Å². The number of pyridine rings is 1. The molecular weight excluding hydrogens is 375 g/mol. The van der Waals surface area contributed by atoms with Crippen molar-refractivity contribution in [3.63, 3.8) is 0 Å². The summed E-state index contributed by atoms with van der Waals surface area (Å²) in [5.74, 6) is -0.273. The summed E-state index contributed by atoms with van der Waals surface area (Å²) in [6.45, 7) is 4.85. The van der Waals surface area contributed by atoms with E-state index in [-0.39, 0.29) is 5.82 Å². The van der Waals surface area contributed by atoms with Crippen LogP contribution in [0.4, 0.5) is 10.1 Å². The molecule has 3 heterocycles. The van der Waals surface area contributed by atoms with Crippen LogP contribution in [0, 0.1) is 5.82 Å². The van der Waals surface area contributed by atoms with Crippen LogP contribution in [0.15, 0.2) is 48.8 Å². The lowest BCUT2D eigenvalue weighted by Gasteiger charge is -2.34. The summed E-state index contributed by atoms with van der Waals surface area (Å²) in [5, 5.41) is 4.44. The minimum Gasteiger partial charge on any atom is -0.345 e. The number of hydrogen-bond donors (Lipinski definition) is 1. The lowest BCUT2D eigenvalue weighted by molar-refractivity contribution is 0.201. The predicted octanol–water partition coefficient (Wildman–Crippen LogP) is 4.00. The van der Waals surface area contributed by atoms with E-state index in [1.54, 1.807) is 6.07 Å². The second-order valence-corrected chi connectivity index (χ2v) is 7.96. The molecule has 0 amide bonds. The van der Waals surface area contributed by atoms with Crippen LogP contribution in [0.1, 0.15) is 24.1 Å². The van der Waals surface area contributed by atoms with Crippen molar-refractivity contribution in [1.82, 2.24) is 15.2 Å². The fourth-order valence-corrected chi connectivity index (χ4v) is 4.16. The van der Waals surface area contributed by atoms with Gasteiger partial charge in [0.05, 0.1) is 17.6 Å². The van der Waals surface area contributed by atoms with Crippen LogP contribution in [0.25, 0.3) is 0 Å². The van der Waals surface area contributed by atoms with Gasteiger partial charge in [-0.3, -0.25) is 4.98 Å². The fourth-order valence-electron chi connectivity index (χ4n) is 3.95. The molecule has 0 unspecified atom stereocenters. The van der Waals surface area contributed by atoms with Gasteiger partial charge in [0.2, 0.25) is 0 Å². The second-order valence-electron chi connectivity index (χ2n) is 7.53. The summed E-state index contributed by atoms with van der Waals surface area (Å²) in [4.78, 5) is 8.84. The summed E-state index contributed by atoms with van der Waals surface area (Å²) in [6.07, 6.45) is 8.52. The van der Waals surface area contributed by atoms with Gasteiger partial charge in [-0.1, -0.05) is 29.8 Å². The van der Waals surface area contributed by atoms with Crippen molar-refractivity contribution in [2.75, 3.05) is 31.1 Å². The van der Waals surface area contributed by atoms with E-state index >= 15 is 0 Å². The average molecular weight is 401 g/mol. The predicted molar refractivity (Wildman–Crippen MR) is 112 cm³/mol. The molecule has 2 aromatic rings.